The van der Waals surface area contributed by atoms with Crippen LogP contribution in [-0.2, 0) is 6.42 Å². The van der Waals surface area contributed by atoms with Crippen LogP contribution in [0.5, 0.6) is 11.5 Å². The number of hydrogen-bond donors (Lipinski definition) is 1. The van der Waals surface area contributed by atoms with Crippen molar-refractivity contribution in [3.63, 3.8) is 0 Å². The maximum atomic E-state index is 5.80. The van der Waals surface area contributed by atoms with Gasteiger partial charge in [0.1, 0.15) is 6.61 Å². The van der Waals surface area contributed by atoms with Crippen LogP contribution in [0.3, 0.4) is 0 Å². The first-order valence-corrected chi connectivity index (χ1v) is 8.32. The molecule has 3 nitrogen and oxygen atoms in total. The van der Waals surface area contributed by atoms with Crippen LogP contribution in [0.4, 0.5) is 0 Å². The molecule has 0 aliphatic heterocycles. The first kappa shape index (κ1) is 14.4. The summed E-state index contributed by atoms with van der Waals surface area (Å²) in [6.07, 6.45) is 3.74. The fraction of sp³-hybridized carbons (Fsp3) is 0.412. The Kier molecular flexibility index (Phi) is 4.78. The molecule has 0 amide bonds. The number of fused-ring (bicyclic) bond motifs is 1. The average Bonchev–Trinajstić information content (AvgIpc) is 3.01. The maximum absolute atomic E-state index is 5.80. The van der Waals surface area contributed by atoms with Crippen LogP contribution in [0.15, 0.2) is 35.7 Å². The molecule has 1 atom stereocenters. The minimum absolute atomic E-state index is 0.487. The monoisotopic (exact) mass is 303 g/mol. The Morgan fingerprint density at radius 1 is 1.24 bits per heavy atom. The Morgan fingerprint density at radius 2 is 2.10 bits per heavy atom. The molecule has 0 fully saturated rings. The second-order valence-electron chi connectivity index (χ2n) is 5.20. The van der Waals surface area contributed by atoms with Crippen LogP contribution in [0.2, 0.25) is 0 Å². The van der Waals surface area contributed by atoms with Crippen LogP contribution < -0.4 is 14.8 Å². The van der Waals surface area contributed by atoms with Crippen molar-refractivity contribution in [3.05, 3.63) is 46.2 Å². The van der Waals surface area contributed by atoms with Gasteiger partial charge in [-0.15, -0.1) is 11.3 Å². The van der Waals surface area contributed by atoms with Gasteiger partial charge in [0.25, 0.3) is 0 Å². The first-order chi connectivity index (χ1) is 10.4. The van der Waals surface area contributed by atoms with Crippen LogP contribution in [0, 0.1) is 0 Å². The van der Waals surface area contributed by atoms with E-state index in [1.807, 2.05) is 35.6 Å². The Balaban J connectivity index is 1.49. The van der Waals surface area contributed by atoms with Crippen LogP contribution in [0.1, 0.15) is 29.3 Å². The Morgan fingerprint density at radius 3 is 2.95 bits per heavy atom. The summed E-state index contributed by atoms with van der Waals surface area (Å²) in [5.41, 5.74) is 1.49. The van der Waals surface area contributed by atoms with E-state index in [1.54, 1.807) is 12.0 Å². The SMILES string of the molecule is COc1ccccc1OCCNC1CCCc2sccc21. The summed E-state index contributed by atoms with van der Waals surface area (Å²) in [4.78, 5) is 1.55. The standard InChI is InChI=1S/C17H21NO2S/c1-19-15-6-2-3-7-16(15)20-11-10-18-14-5-4-8-17-13(14)9-12-21-17/h2-3,6-7,9,12,14,18H,4-5,8,10-11H2,1H3. The highest BCUT2D eigenvalue weighted by Gasteiger charge is 2.20. The lowest BCUT2D eigenvalue weighted by atomic mass is 9.94. The zero-order valence-corrected chi connectivity index (χ0v) is 13.1. The highest BCUT2D eigenvalue weighted by Crippen LogP contribution is 2.33. The largest absolute Gasteiger partial charge is 0.493 e. The fourth-order valence-corrected chi connectivity index (χ4v) is 3.82. The van der Waals surface area contributed by atoms with E-state index in [-0.39, 0.29) is 0 Å². The predicted molar refractivity (Wildman–Crippen MR) is 86.5 cm³/mol. The molecule has 1 aliphatic carbocycles. The number of rotatable bonds is 6. The number of thiophene rings is 1. The highest BCUT2D eigenvalue weighted by atomic mass is 32.1. The molecule has 1 heterocycles. The molecule has 1 N–H and O–H groups in total. The van der Waals surface area contributed by atoms with E-state index in [9.17, 15) is 0 Å². The number of methoxy groups -OCH3 is 1. The molecule has 4 heteroatoms. The summed E-state index contributed by atoms with van der Waals surface area (Å²) >= 11 is 1.88. The minimum Gasteiger partial charge on any atom is -0.493 e. The lowest BCUT2D eigenvalue weighted by Crippen LogP contribution is -2.28. The lowest BCUT2D eigenvalue weighted by Gasteiger charge is -2.23. The van der Waals surface area contributed by atoms with Gasteiger partial charge in [0.15, 0.2) is 11.5 Å². The van der Waals surface area contributed by atoms with Crippen molar-refractivity contribution < 1.29 is 9.47 Å². The smallest absolute Gasteiger partial charge is 0.161 e. The maximum Gasteiger partial charge on any atom is 0.161 e. The summed E-state index contributed by atoms with van der Waals surface area (Å²) in [5, 5.41) is 5.82. The summed E-state index contributed by atoms with van der Waals surface area (Å²) < 4.78 is 11.1. The normalized spacial score (nSPS) is 17.3. The summed E-state index contributed by atoms with van der Waals surface area (Å²) in [6.45, 7) is 1.49. The van der Waals surface area contributed by atoms with Crippen molar-refractivity contribution >= 4 is 11.3 Å². The molecule has 1 unspecified atom stereocenters. The molecule has 0 saturated heterocycles. The van der Waals surface area contributed by atoms with Gasteiger partial charge in [-0.05, 0) is 48.4 Å². The van der Waals surface area contributed by atoms with Crippen LogP contribution in [-0.4, -0.2) is 20.3 Å². The molecule has 3 rings (SSSR count). The van der Waals surface area contributed by atoms with E-state index in [0.717, 1.165) is 18.0 Å². The third-order valence-electron chi connectivity index (χ3n) is 3.87. The minimum atomic E-state index is 0.487. The highest BCUT2D eigenvalue weighted by molar-refractivity contribution is 7.10. The molecule has 0 radical (unpaired) electrons. The van der Waals surface area contributed by atoms with Gasteiger partial charge in [0.05, 0.1) is 7.11 Å². The van der Waals surface area contributed by atoms with E-state index in [1.165, 1.54) is 24.8 Å². The first-order valence-electron chi connectivity index (χ1n) is 7.44. The zero-order chi connectivity index (χ0) is 14.5. The molecular formula is C17H21NO2S. The van der Waals surface area contributed by atoms with Gasteiger partial charge in [-0.25, -0.2) is 0 Å². The summed E-state index contributed by atoms with van der Waals surface area (Å²) in [5.74, 6) is 1.59. The third kappa shape index (κ3) is 3.39. The molecule has 21 heavy (non-hydrogen) atoms. The van der Waals surface area contributed by atoms with Gasteiger partial charge >= 0.3 is 0 Å². The summed E-state index contributed by atoms with van der Waals surface area (Å²) in [6, 6.07) is 10.5. The number of benzene rings is 1. The van der Waals surface area contributed by atoms with Gasteiger partial charge in [0, 0.05) is 17.5 Å². The van der Waals surface area contributed by atoms with Gasteiger partial charge in [-0.1, -0.05) is 12.1 Å². The number of para-hydroxylation sites is 2. The Labute approximate surface area is 129 Å². The second-order valence-corrected chi connectivity index (χ2v) is 6.20. The lowest BCUT2D eigenvalue weighted by molar-refractivity contribution is 0.283. The van der Waals surface area contributed by atoms with Crippen molar-refractivity contribution in [2.45, 2.75) is 25.3 Å². The van der Waals surface area contributed by atoms with Gasteiger partial charge < -0.3 is 14.8 Å². The quantitative estimate of drug-likeness (QED) is 0.823. The van der Waals surface area contributed by atoms with Crippen molar-refractivity contribution in [3.8, 4) is 11.5 Å². The number of aryl methyl sites for hydroxylation is 1. The van der Waals surface area contributed by atoms with Crippen LogP contribution >= 0.6 is 11.3 Å². The van der Waals surface area contributed by atoms with Gasteiger partial charge in [-0.3, -0.25) is 0 Å². The molecule has 1 aliphatic rings. The van der Waals surface area contributed by atoms with Crippen molar-refractivity contribution in [2.75, 3.05) is 20.3 Å². The van der Waals surface area contributed by atoms with E-state index in [0.29, 0.717) is 12.6 Å². The Bertz CT molecular complexity index is 582. The predicted octanol–water partition coefficient (Wildman–Crippen LogP) is 3.80. The van der Waals surface area contributed by atoms with Gasteiger partial charge in [0.2, 0.25) is 0 Å². The van der Waals surface area contributed by atoms with Crippen molar-refractivity contribution in [1.82, 2.24) is 5.32 Å². The third-order valence-corrected chi connectivity index (χ3v) is 4.87. The number of nitrogens with one attached hydrogen (secondary N) is 1. The van der Waals surface area contributed by atoms with Crippen molar-refractivity contribution in [2.24, 2.45) is 0 Å². The number of hydrogen-bond acceptors (Lipinski definition) is 4. The molecule has 0 bridgehead atoms. The Hall–Kier alpha value is -1.52. The molecule has 112 valence electrons. The second kappa shape index (κ2) is 6.96. The molecule has 0 saturated carbocycles. The molecular weight excluding hydrogens is 282 g/mol. The van der Waals surface area contributed by atoms with E-state index >= 15 is 0 Å². The van der Waals surface area contributed by atoms with Crippen LogP contribution in [0.25, 0.3) is 0 Å². The topological polar surface area (TPSA) is 30.5 Å². The van der Waals surface area contributed by atoms with E-state index in [2.05, 4.69) is 16.8 Å². The molecule has 1 aromatic heterocycles. The summed E-state index contributed by atoms with van der Waals surface area (Å²) in [7, 11) is 1.67. The zero-order valence-electron chi connectivity index (χ0n) is 12.3. The molecule has 2 aromatic rings. The van der Waals surface area contributed by atoms with E-state index < -0.39 is 0 Å². The molecule has 0 spiro atoms. The number of ether oxygens (including phenoxy) is 2. The molecule has 1 aromatic carbocycles. The van der Waals surface area contributed by atoms with Crippen molar-refractivity contribution in [1.29, 1.82) is 0 Å². The van der Waals surface area contributed by atoms with E-state index in [4.69, 9.17) is 9.47 Å². The average molecular weight is 303 g/mol. The fourth-order valence-electron chi connectivity index (χ4n) is 2.83. The van der Waals surface area contributed by atoms with Gasteiger partial charge in [-0.2, -0.15) is 0 Å².